The van der Waals surface area contributed by atoms with E-state index in [1.165, 1.54) is 22.9 Å². The Labute approximate surface area is 142 Å². The highest BCUT2D eigenvalue weighted by Crippen LogP contribution is 2.24. The molecule has 0 radical (unpaired) electrons. The second-order valence-corrected chi connectivity index (χ2v) is 6.24. The normalized spacial score (nSPS) is 11.1. The molecule has 4 nitrogen and oxygen atoms in total. The molecule has 1 amide bonds. The van der Waals surface area contributed by atoms with Crippen LogP contribution in [0.25, 0.3) is 5.69 Å². The van der Waals surface area contributed by atoms with Crippen molar-refractivity contribution in [3.8, 4) is 5.69 Å². The predicted octanol–water partition coefficient (Wildman–Crippen LogP) is 3.66. The maximum Gasteiger partial charge on any atom is 0.230 e. The number of aromatic nitrogens is 2. The van der Waals surface area contributed by atoms with E-state index in [-0.39, 0.29) is 5.91 Å². The van der Waals surface area contributed by atoms with Gasteiger partial charge in [0.25, 0.3) is 0 Å². The summed E-state index contributed by atoms with van der Waals surface area (Å²) >= 11 is 1.46. The molecule has 0 aliphatic carbocycles. The van der Waals surface area contributed by atoms with Gasteiger partial charge in [-0.15, -0.1) is 0 Å². The van der Waals surface area contributed by atoms with Crippen LogP contribution in [0.2, 0.25) is 0 Å². The molecule has 0 fully saturated rings. The van der Waals surface area contributed by atoms with E-state index in [2.05, 4.69) is 36.3 Å². The van der Waals surface area contributed by atoms with Gasteiger partial charge in [0.1, 0.15) is 0 Å². The number of thioether (sulfide) groups is 1. The molecule has 0 spiro atoms. The number of hydrogen-bond acceptors (Lipinski definition) is 3. The maximum atomic E-state index is 11.9. The Morgan fingerprint density at radius 2 is 2.22 bits per heavy atom. The summed E-state index contributed by atoms with van der Waals surface area (Å²) in [6.45, 7) is 6.85. The number of carbonyl (C=O) groups excluding carboxylic acids is 1. The first-order valence-corrected chi connectivity index (χ1v) is 8.72. The molecule has 1 aromatic carbocycles. The SMILES string of the molecule is C/C=C/CCNC(=O)CSc1nccn1-c1cccc(C)c1C. The molecule has 0 unspecified atom stereocenters. The van der Waals surface area contributed by atoms with E-state index in [4.69, 9.17) is 0 Å². The zero-order chi connectivity index (χ0) is 16.7. The van der Waals surface area contributed by atoms with E-state index in [0.717, 1.165) is 17.3 Å². The van der Waals surface area contributed by atoms with E-state index >= 15 is 0 Å². The van der Waals surface area contributed by atoms with Crippen molar-refractivity contribution in [1.82, 2.24) is 14.9 Å². The lowest BCUT2D eigenvalue weighted by Crippen LogP contribution is -2.26. The first kappa shape index (κ1) is 17.3. The van der Waals surface area contributed by atoms with Crippen LogP contribution in [0.3, 0.4) is 0 Å². The lowest BCUT2D eigenvalue weighted by molar-refractivity contribution is -0.118. The third kappa shape index (κ3) is 4.73. The van der Waals surface area contributed by atoms with Crippen molar-refractivity contribution < 1.29 is 4.79 Å². The Balaban J connectivity index is 1.99. The van der Waals surface area contributed by atoms with Gasteiger partial charge in [-0.3, -0.25) is 9.36 Å². The Kier molecular flexibility index (Phi) is 6.47. The number of aryl methyl sites for hydroxylation is 1. The number of benzene rings is 1. The molecule has 2 rings (SSSR count). The molecule has 0 saturated heterocycles. The Morgan fingerprint density at radius 1 is 1.39 bits per heavy atom. The summed E-state index contributed by atoms with van der Waals surface area (Å²) in [5, 5.41) is 3.75. The quantitative estimate of drug-likeness (QED) is 0.479. The van der Waals surface area contributed by atoms with Crippen LogP contribution in [0, 0.1) is 13.8 Å². The monoisotopic (exact) mass is 329 g/mol. The van der Waals surface area contributed by atoms with Crippen LogP contribution in [0.4, 0.5) is 0 Å². The zero-order valence-corrected chi connectivity index (χ0v) is 14.7. The lowest BCUT2D eigenvalue weighted by Gasteiger charge is -2.12. The van der Waals surface area contributed by atoms with E-state index in [1.807, 2.05) is 35.9 Å². The summed E-state index contributed by atoms with van der Waals surface area (Å²) in [6, 6.07) is 6.21. The van der Waals surface area contributed by atoms with Gasteiger partial charge in [-0.25, -0.2) is 4.98 Å². The van der Waals surface area contributed by atoms with Gasteiger partial charge in [0, 0.05) is 18.9 Å². The van der Waals surface area contributed by atoms with E-state index < -0.39 is 0 Å². The van der Waals surface area contributed by atoms with Gasteiger partial charge < -0.3 is 5.32 Å². The fourth-order valence-corrected chi connectivity index (χ4v) is 3.02. The van der Waals surface area contributed by atoms with Crippen molar-refractivity contribution in [2.75, 3.05) is 12.3 Å². The largest absolute Gasteiger partial charge is 0.355 e. The molecule has 122 valence electrons. The average Bonchev–Trinajstić information content (AvgIpc) is 3.00. The molecule has 0 aliphatic heterocycles. The van der Waals surface area contributed by atoms with E-state index in [1.54, 1.807) is 6.20 Å². The Morgan fingerprint density at radius 3 is 3.00 bits per heavy atom. The van der Waals surface area contributed by atoms with Crippen molar-refractivity contribution in [3.05, 3.63) is 53.9 Å². The van der Waals surface area contributed by atoms with Crippen LogP contribution in [-0.2, 0) is 4.79 Å². The minimum absolute atomic E-state index is 0.0371. The molecule has 5 heteroatoms. The third-order valence-electron chi connectivity index (χ3n) is 3.64. The molecule has 2 aromatic rings. The van der Waals surface area contributed by atoms with Gasteiger partial charge in [0.05, 0.1) is 11.4 Å². The number of amides is 1. The second kappa shape index (κ2) is 8.58. The van der Waals surface area contributed by atoms with Crippen LogP contribution >= 0.6 is 11.8 Å². The first-order valence-electron chi connectivity index (χ1n) is 7.74. The van der Waals surface area contributed by atoms with Gasteiger partial charge in [-0.2, -0.15) is 0 Å². The molecule has 0 aliphatic rings. The lowest BCUT2D eigenvalue weighted by atomic mass is 10.1. The van der Waals surface area contributed by atoms with Gasteiger partial charge in [-0.1, -0.05) is 36.0 Å². The average molecular weight is 329 g/mol. The van der Waals surface area contributed by atoms with Gasteiger partial charge >= 0.3 is 0 Å². The van der Waals surface area contributed by atoms with Crippen molar-refractivity contribution in [3.63, 3.8) is 0 Å². The van der Waals surface area contributed by atoms with E-state index in [0.29, 0.717) is 12.3 Å². The summed E-state index contributed by atoms with van der Waals surface area (Å²) in [4.78, 5) is 16.3. The number of hydrogen-bond donors (Lipinski definition) is 1. The third-order valence-corrected chi connectivity index (χ3v) is 4.61. The zero-order valence-electron chi connectivity index (χ0n) is 13.9. The summed E-state index contributed by atoms with van der Waals surface area (Å²) < 4.78 is 2.04. The maximum absolute atomic E-state index is 11.9. The molecular weight excluding hydrogens is 306 g/mol. The molecule has 0 atom stereocenters. The molecule has 0 bridgehead atoms. The second-order valence-electron chi connectivity index (χ2n) is 5.30. The Bertz CT molecular complexity index is 691. The minimum atomic E-state index is 0.0371. The van der Waals surface area contributed by atoms with Crippen molar-refractivity contribution in [2.24, 2.45) is 0 Å². The van der Waals surface area contributed by atoms with Crippen molar-refractivity contribution in [2.45, 2.75) is 32.3 Å². The summed E-state index contributed by atoms with van der Waals surface area (Å²) in [7, 11) is 0. The molecule has 23 heavy (non-hydrogen) atoms. The van der Waals surface area contributed by atoms with Crippen LogP contribution in [0.1, 0.15) is 24.5 Å². The van der Waals surface area contributed by atoms with Crippen LogP contribution < -0.4 is 5.32 Å². The molecule has 0 saturated carbocycles. The number of imidazole rings is 1. The van der Waals surface area contributed by atoms with Crippen LogP contribution in [0.15, 0.2) is 47.9 Å². The number of allylic oxidation sites excluding steroid dienone is 1. The van der Waals surface area contributed by atoms with Gasteiger partial charge in [0.2, 0.25) is 5.91 Å². The number of nitrogens with one attached hydrogen (secondary N) is 1. The highest BCUT2D eigenvalue weighted by molar-refractivity contribution is 7.99. The standard InChI is InChI=1S/C18H23N3OS/c1-4-5-6-10-19-17(22)13-23-18-20-11-12-21(18)16-9-7-8-14(2)15(16)3/h4-5,7-9,11-12H,6,10,13H2,1-3H3,(H,19,22)/b5-4+. The fourth-order valence-electron chi connectivity index (χ4n) is 2.22. The first-order chi connectivity index (χ1) is 11.1. The number of carbonyl (C=O) groups is 1. The summed E-state index contributed by atoms with van der Waals surface area (Å²) in [6.07, 6.45) is 8.61. The molecule has 1 heterocycles. The van der Waals surface area contributed by atoms with Crippen LogP contribution in [-0.4, -0.2) is 27.8 Å². The van der Waals surface area contributed by atoms with Crippen LogP contribution in [0.5, 0.6) is 0 Å². The minimum Gasteiger partial charge on any atom is -0.355 e. The molecule has 1 N–H and O–H groups in total. The topological polar surface area (TPSA) is 46.9 Å². The number of nitrogens with zero attached hydrogens (tertiary/aromatic N) is 2. The van der Waals surface area contributed by atoms with Gasteiger partial charge in [-0.05, 0) is 44.4 Å². The predicted molar refractivity (Wildman–Crippen MR) is 96.2 cm³/mol. The highest BCUT2D eigenvalue weighted by Gasteiger charge is 2.11. The van der Waals surface area contributed by atoms with E-state index in [9.17, 15) is 4.79 Å². The Hall–Kier alpha value is -2.01. The molecule has 1 aromatic heterocycles. The van der Waals surface area contributed by atoms with Gasteiger partial charge in [0.15, 0.2) is 5.16 Å². The van der Waals surface area contributed by atoms with Crippen molar-refractivity contribution >= 4 is 17.7 Å². The summed E-state index contributed by atoms with van der Waals surface area (Å²) in [5.74, 6) is 0.410. The number of rotatable bonds is 7. The van der Waals surface area contributed by atoms with Crippen molar-refractivity contribution in [1.29, 1.82) is 0 Å². The fraction of sp³-hybridized carbons (Fsp3) is 0.333. The summed E-state index contributed by atoms with van der Waals surface area (Å²) in [5.41, 5.74) is 3.58. The molecular formula is C18H23N3OS. The highest BCUT2D eigenvalue weighted by atomic mass is 32.2. The smallest absolute Gasteiger partial charge is 0.230 e.